The Balaban J connectivity index is 1.78. The van der Waals surface area contributed by atoms with Crippen LogP contribution < -0.4 is 14.9 Å². The molecule has 4 heterocycles. The first kappa shape index (κ1) is 24.4. The van der Waals surface area contributed by atoms with Crippen LogP contribution >= 0.6 is 34.0 Å². The lowest BCUT2D eigenvalue weighted by Gasteiger charge is -2.31. The molecule has 3 aromatic rings. The lowest BCUT2D eigenvalue weighted by molar-refractivity contribution is 0.488. The highest BCUT2D eigenvalue weighted by Crippen LogP contribution is 2.42. The van der Waals surface area contributed by atoms with Crippen LogP contribution in [0.5, 0.6) is 0 Å². The molecule has 1 unspecified atom stereocenters. The third-order valence-electron chi connectivity index (χ3n) is 7.33. The second-order valence-corrected chi connectivity index (χ2v) is 17.7. The summed E-state index contributed by atoms with van der Waals surface area (Å²) in [5.41, 5.74) is 0. The van der Waals surface area contributed by atoms with Gasteiger partial charge in [-0.3, -0.25) is 0 Å². The first-order valence-electron chi connectivity index (χ1n) is 12.8. The molecule has 1 aliphatic heterocycles. The van der Waals surface area contributed by atoms with Crippen molar-refractivity contribution in [3.8, 4) is 9.75 Å². The molecule has 4 heteroatoms. The Morgan fingerprint density at radius 2 is 1.44 bits per heavy atom. The van der Waals surface area contributed by atoms with E-state index in [4.69, 9.17) is 0 Å². The number of hydrogen-bond donors (Lipinski definition) is 0. The molecule has 0 saturated carbocycles. The second kappa shape index (κ2) is 10.7. The van der Waals surface area contributed by atoms with Crippen molar-refractivity contribution in [3.63, 3.8) is 0 Å². The molecule has 0 nitrogen and oxygen atoms in total. The molecule has 0 aromatic carbocycles. The molecule has 0 aliphatic carbocycles. The summed E-state index contributed by atoms with van der Waals surface area (Å²) < 4.78 is 1.74. The van der Waals surface area contributed by atoms with Crippen molar-refractivity contribution in [1.29, 1.82) is 0 Å². The van der Waals surface area contributed by atoms with Gasteiger partial charge in [-0.25, -0.2) is 0 Å². The smallest absolute Gasteiger partial charge is 0.149 e. The highest BCUT2D eigenvalue weighted by atomic mass is 32.1. The van der Waals surface area contributed by atoms with E-state index in [1.165, 1.54) is 73.6 Å². The zero-order chi connectivity index (χ0) is 22.7. The topological polar surface area (TPSA) is 0 Å². The van der Waals surface area contributed by atoms with Crippen LogP contribution in [0.15, 0.2) is 24.3 Å². The molecule has 0 saturated heterocycles. The quantitative estimate of drug-likeness (QED) is 0.173. The second-order valence-electron chi connectivity index (χ2n) is 9.80. The van der Waals surface area contributed by atoms with Gasteiger partial charge in [-0.2, -0.15) is 0 Å². The van der Waals surface area contributed by atoms with Crippen molar-refractivity contribution < 1.29 is 0 Å². The van der Waals surface area contributed by atoms with Gasteiger partial charge in [0.05, 0.1) is 0 Å². The van der Waals surface area contributed by atoms with Crippen LogP contribution in [0.4, 0.5) is 0 Å². The number of aryl methyl sites for hydroxylation is 3. The van der Waals surface area contributed by atoms with E-state index < -0.39 is 8.07 Å². The summed E-state index contributed by atoms with van der Waals surface area (Å²) in [6, 6.07) is 11.7. The van der Waals surface area contributed by atoms with Crippen LogP contribution in [-0.2, 0) is 6.42 Å². The van der Waals surface area contributed by atoms with Gasteiger partial charge in [-0.1, -0.05) is 71.8 Å². The van der Waals surface area contributed by atoms with Gasteiger partial charge in [0.15, 0.2) is 8.07 Å². The van der Waals surface area contributed by atoms with Crippen molar-refractivity contribution in [2.45, 2.75) is 98.5 Å². The minimum atomic E-state index is -1.94. The zero-order valence-electron chi connectivity index (χ0n) is 20.7. The van der Waals surface area contributed by atoms with E-state index in [-0.39, 0.29) is 0 Å². The Morgan fingerprint density at radius 3 is 2.03 bits per heavy atom. The van der Waals surface area contributed by atoms with E-state index in [1.807, 2.05) is 0 Å². The molecular weight excluding hydrogens is 461 g/mol. The van der Waals surface area contributed by atoms with Gasteiger partial charge in [-0.15, -0.1) is 34.0 Å². The fourth-order valence-corrected chi connectivity index (χ4v) is 17.2. The molecule has 1 aliphatic rings. The summed E-state index contributed by atoms with van der Waals surface area (Å²) in [6.07, 6.45) is 12.1. The Hall–Kier alpha value is -0.683. The normalized spacial score (nSPS) is 15.2. The van der Waals surface area contributed by atoms with Crippen molar-refractivity contribution in [3.05, 3.63) is 38.9 Å². The maximum Gasteiger partial charge on any atom is 0.164 e. The van der Waals surface area contributed by atoms with E-state index >= 15 is 0 Å². The predicted molar refractivity (Wildman–Crippen MR) is 152 cm³/mol. The Labute approximate surface area is 209 Å². The Morgan fingerprint density at radius 1 is 0.781 bits per heavy atom. The summed E-state index contributed by atoms with van der Waals surface area (Å²) in [5.74, 6) is 0.843. The molecule has 1 atom stereocenters. The maximum atomic E-state index is 2.60. The van der Waals surface area contributed by atoms with Gasteiger partial charge in [0.25, 0.3) is 0 Å². The first-order chi connectivity index (χ1) is 15.5. The van der Waals surface area contributed by atoms with E-state index in [1.54, 1.807) is 29.5 Å². The summed E-state index contributed by atoms with van der Waals surface area (Å²) in [6.45, 7) is 11.7. The molecule has 3 aromatic heterocycles. The van der Waals surface area contributed by atoms with E-state index in [2.05, 4.69) is 92.9 Å². The molecule has 0 fully saturated rings. The Bertz CT molecular complexity index is 975. The third-order valence-corrected chi connectivity index (χ3v) is 17.1. The highest BCUT2D eigenvalue weighted by Gasteiger charge is 2.51. The van der Waals surface area contributed by atoms with Crippen molar-refractivity contribution in [2.24, 2.45) is 5.92 Å². The summed E-state index contributed by atoms with van der Waals surface area (Å²) >= 11 is 6.30. The fraction of sp³-hybridized carbons (Fsp3) is 0.571. The molecule has 4 rings (SSSR count). The standard InChI is InChI=1S/C28H40S3Si/c1-6-9-11-12-14-23-15-16-26(31-23)32(19-22(8-3)13-10-7-2)24-17-20(4)29-27(24)28-25(32)18-21(5)30-28/h15-18,22H,6-14,19H2,1-5H3. The van der Waals surface area contributed by atoms with Gasteiger partial charge < -0.3 is 0 Å². The molecule has 174 valence electrons. The maximum absolute atomic E-state index is 2.60. The minimum absolute atomic E-state index is 0.843. The lowest BCUT2D eigenvalue weighted by atomic mass is 10.0. The molecule has 0 amide bonds. The third kappa shape index (κ3) is 4.62. The van der Waals surface area contributed by atoms with E-state index in [0.29, 0.717) is 0 Å². The number of unbranched alkanes of at least 4 members (excludes halogenated alkanes) is 4. The van der Waals surface area contributed by atoms with E-state index in [9.17, 15) is 0 Å². The predicted octanol–water partition coefficient (Wildman–Crippen LogP) is 8.28. The van der Waals surface area contributed by atoms with Gasteiger partial charge in [0.1, 0.15) is 0 Å². The zero-order valence-corrected chi connectivity index (χ0v) is 24.1. The summed E-state index contributed by atoms with van der Waals surface area (Å²) in [7, 11) is -1.94. The summed E-state index contributed by atoms with van der Waals surface area (Å²) in [4.78, 5) is 7.89. The molecule has 0 N–H and O–H groups in total. The van der Waals surface area contributed by atoms with Crippen LogP contribution in [0, 0.1) is 19.8 Å². The van der Waals surface area contributed by atoms with Crippen LogP contribution in [0.3, 0.4) is 0 Å². The molecule has 32 heavy (non-hydrogen) atoms. The van der Waals surface area contributed by atoms with Gasteiger partial charge in [0.2, 0.25) is 0 Å². The van der Waals surface area contributed by atoms with Crippen LogP contribution in [0.1, 0.15) is 86.8 Å². The summed E-state index contributed by atoms with van der Waals surface area (Å²) in [5, 5.41) is 3.52. The van der Waals surface area contributed by atoms with E-state index in [0.717, 1.165) is 5.92 Å². The largest absolute Gasteiger partial charge is 0.164 e. The minimum Gasteiger partial charge on any atom is -0.149 e. The molecular formula is C28H40S3Si. The van der Waals surface area contributed by atoms with Crippen LogP contribution in [0.25, 0.3) is 9.75 Å². The number of hydrogen-bond acceptors (Lipinski definition) is 3. The molecule has 0 radical (unpaired) electrons. The average Bonchev–Trinajstić information content (AvgIpc) is 3.53. The highest BCUT2D eigenvalue weighted by molar-refractivity contribution is 7.38. The van der Waals surface area contributed by atoms with Gasteiger partial charge >= 0.3 is 0 Å². The monoisotopic (exact) mass is 500 g/mol. The van der Waals surface area contributed by atoms with Crippen LogP contribution in [-0.4, -0.2) is 8.07 Å². The SMILES string of the molecule is CCCCCCc1ccc([Si]2(CC(CC)CCCC)c3cc(C)sc3-c3sc(C)cc32)s1. The molecule has 0 spiro atoms. The van der Waals surface area contributed by atoms with Crippen molar-refractivity contribution >= 4 is 57.0 Å². The first-order valence-corrected chi connectivity index (χ1v) is 17.5. The number of rotatable bonds is 12. The molecule has 0 bridgehead atoms. The fourth-order valence-electron chi connectivity index (χ4n) is 5.57. The number of thiophene rings is 3. The van der Waals surface area contributed by atoms with Crippen molar-refractivity contribution in [2.75, 3.05) is 0 Å². The Kier molecular flexibility index (Phi) is 8.18. The van der Waals surface area contributed by atoms with Crippen LogP contribution in [0.2, 0.25) is 6.04 Å². The van der Waals surface area contributed by atoms with Gasteiger partial charge in [-0.05, 0) is 67.2 Å². The number of fused-ring (bicyclic) bond motifs is 3. The van der Waals surface area contributed by atoms with Crippen molar-refractivity contribution in [1.82, 2.24) is 0 Å². The van der Waals surface area contributed by atoms with Gasteiger partial charge in [0, 0.05) is 28.9 Å². The lowest BCUT2D eigenvalue weighted by Crippen LogP contribution is -2.64. The average molecular weight is 501 g/mol.